The van der Waals surface area contributed by atoms with E-state index in [2.05, 4.69) is 11.8 Å². The minimum absolute atomic E-state index is 0.114. The predicted molar refractivity (Wildman–Crippen MR) is 86.9 cm³/mol. The van der Waals surface area contributed by atoms with Gasteiger partial charge in [0.25, 0.3) is 5.91 Å². The van der Waals surface area contributed by atoms with E-state index in [4.69, 9.17) is 10.5 Å². The Morgan fingerprint density at radius 3 is 2.52 bits per heavy atom. The summed E-state index contributed by atoms with van der Waals surface area (Å²) in [5.41, 5.74) is 1.59. The first-order valence-corrected chi connectivity index (χ1v) is 7.83. The van der Waals surface area contributed by atoms with Crippen LogP contribution in [0.1, 0.15) is 25.3 Å². The Morgan fingerprint density at radius 2 is 1.87 bits per heavy atom. The molecule has 1 amide bonds. The smallest absolute Gasteiger partial charge is 0.262 e. The van der Waals surface area contributed by atoms with Crippen LogP contribution in [0, 0.1) is 28.6 Å². The van der Waals surface area contributed by atoms with Crippen LogP contribution in [0.5, 0.6) is 0 Å². The molecule has 0 unspecified atom stereocenters. The molecule has 2 aliphatic heterocycles. The lowest BCUT2D eigenvalue weighted by Gasteiger charge is -2.33. The van der Waals surface area contributed by atoms with E-state index in [0.717, 1.165) is 37.5 Å². The van der Waals surface area contributed by atoms with Gasteiger partial charge >= 0.3 is 0 Å². The number of amides is 1. The molecule has 0 bridgehead atoms. The molecule has 1 aromatic rings. The van der Waals surface area contributed by atoms with Gasteiger partial charge in [-0.05, 0) is 24.8 Å². The van der Waals surface area contributed by atoms with Gasteiger partial charge < -0.3 is 0 Å². The normalized spacial score (nSPS) is 18.5. The summed E-state index contributed by atoms with van der Waals surface area (Å²) in [7, 11) is 0. The van der Waals surface area contributed by atoms with E-state index in [1.807, 2.05) is 30.3 Å². The van der Waals surface area contributed by atoms with Crippen LogP contribution in [0.3, 0.4) is 0 Å². The summed E-state index contributed by atoms with van der Waals surface area (Å²) in [5.74, 6) is 0.481. The first kappa shape index (κ1) is 15.3. The number of carbonyl (C=O) groups excluding carboxylic acids is 1. The molecular weight excluding hydrogens is 288 g/mol. The summed E-state index contributed by atoms with van der Waals surface area (Å²) < 4.78 is 0. The molecule has 0 radical (unpaired) electrons. The van der Waals surface area contributed by atoms with Gasteiger partial charge in [0.05, 0.1) is 17.9 Å². The number of hydrogen-bond donors (Lipinski definition) is 0. The fourth-order valence-corrected chi connectivity index (χ4v) is 3.20. The number of piperidine rings is 1. The molecule has 116 valence electrons. The number of carbonyl (C=O) groups is 1. The van der Waals surface area contributed by atoms with Crippen molar-refractivity contribution in [1.82, 2.24) is 4.90 Å². The average molecular weight is 306 g/mol. The molecule has 5 nitrogen and oxygen atoms in total. The predicted octanol–water partition coefficient (Wildman–Crippen LogP) is 2.52. The highest BCUT2D eigenvalue weighted by Gasteiger charge is 2.35. The number of fused-ring (bicyclic) bond motifs is 1. The van der Waals surface area contributed by atoms with Crippen molar-refractivity contribution in [1.29, 1.82) is 10.5 Å². The molecule has 23 heavy (non-hydrogen) atoms. The Bertz CT molecular complexity index is 729. The van der Waals surface area contributed by atoms with E-state index in [9.17, 15) is 4.79 Å². The lowest BCUT2D eigenvalue weighted by atomic mass is 10.00. The van der Waals surface area contributed by atoms with Gasteiger partial charge in [-0.25, -0.2) is 0 Å². The van der Waals surface area contributed by atoms with Crippen LogP contribution in [-0.2, 0) is 4.79 Å². The third-order valence-electron chi connectivity index (χ3n) is 4.61. The quantitative estimate of drug-likeness (QED) is 0.622. The maximum atomic E-state index is 12.8. The first-order chi connectivity index (χ1) is 11.2. The maximum absolute atomic E-state index is 12.8. The molecular formula is C18H18N4O. The van der Waals surface area contributed by atoms with Crippen LogP contribution in [0.15, 0.2) is 29.8 Å². The Morgan fingerprint density at radius 1 is 1.22 bits per heavy atom. The number of benzene rings is 1. The zero-order valence-electron chi connectivity index (χ0n) is 13.1. The van der Waals surface area contributed by atoms with E-state index in [1.165, 1.54) is 0 Å². The van der Waals surface area contributed by atoms with Crippen LogP contribution in [0.2, 0.25) is 0 Å². The molecule has 0 aromatic heterocycles. The second-order valence-corrected chi connectivity index (χ2v) is 6.17. The molecule has 0 saturated carbocycles. The van der Waals surface area contributed by atoms with Gasteiger partial charge in [-0.2, -0.15) is 10.5 Å². The summed E-state index contributed by atoms with van der Waals surface area (Å²) >= 11 is 0. The third-order valence-corrected chi connectivity index (χ3v) is 4.61. The van der Waals surface area contributed by atoms with Crippen molar-refractivity contribution in [2.45, 2.75) is 19.8 Å². The topological polar surface area (TPSA) is 71.1 Å². The van der Waals surface area contributed by atoms with Crippen molar-refractivity contribution < 1.29 is 4.79 Å². The van der Waals surface area contributed by atoms with Crippen LogP contribution < -0.4 is 4.90 Å². The van der Waals surface area contributed by atoms with Gasteiger partial charge in [0.15, 0.2) is 0 Å². The number of rotatable bonds is 2. The highest BCUT2D eigenvalue weighted by molar-refractivity contribution is 6.34. The lowest BCUT2D eigenvalue weighted by molar-refractivity contribution is -0.113. The molecule has 0 atom stereocenters. The minimum atomic E-state index is -0.247. The van der Waals surface area contributed by atoms with Crippen molar-refractivity contribution >= 4 is 17.2 Å². The Kier molecular flexibility index (Phi) is 4.14. The van der Waals surface area contributed by atoms with E-state index >= 15 is 0 Å². The average Bonchev–Trinajstić information content (AvgIpc) is 2.84. The molecule has 3 rings (SSSR count). The van der Waals surface area contributed by atoms with Crippen LogP contribution >= 0.6 is 0 Å². The number of nitriles is 2. The molecule has 2 aliphatic rings. The fraction of sp³-hybridized carbons (Fsp3) is 0.389. The van der Waals surface area contributed by atoms with Gasteiger partial charge in [0.1, 0.15) is 17.7 Å². The lowest BCUT2D eigenvalue weighted by Crippen LogP contribution is -2.43. The molecule has 0 spiro atoms. The second-order valence-electron chi connectivity index (χ2n) is 6.17. The van der Waals surface area contributed by atoms with E-state index in [1.54, 1.807) is 11.0 Å². The van der Waals surface area contributed by atoms with Gasteiger partial charge in [0.2, 0.25) is 0 Å². The number of para-hydroxylation sites is 1. The van der Waals surface area contributed by atoms with Gasteiger partial charge in [0, 0.05) is 18.7 Å². The van der Waals surface area contributed by atoms with Crippen molar-refractivity contribution in [3.8, 4) is 12.1 Å². The molecule has 1 saturated heterocycles. The van der Waals surface area contributed by atoms with Crippen LogP contribution in [0.4, 0.5) is 5.69 Å². The minimum Gasteiger partial charge on any atom is -0.294 e. The molecule has 2 heterocycles. The van der Waals surface area contributed by atoms with E-state index < -0.39 is 0 Å². The van der Waals surface area contributed by atoms with E-state index in [-0.39, 0.29) is 17.1 Å². The molecule has 5 heteroatoms. The molecule has 0 N–H and O–H groups in total. The SMILES string of the molecule is CC1CCN(CN2C(=O)C(=C(C#N)C#N)c3ccccc32)CC1. The van der Waals surface area contributed by atoms with Crippen LogP contribution in [-0.4, -0.2) is 30.6 Å². The fourth-order valence-electron chi connectivity index (χ4n) is 3.20. The largest absolute Gasteiger partial charge is 0.294 e. The van der Waals surface area contributed by atoms with Crippen molar-refractivity contribution in [3.63, 3.8) is 0 Å². The maximum Gasteiger partial charge on any atom is 0.262 e. The molecule has 1 fully saturated rings. The first-order valence-electron chi connectivity index (χ1n) is 7.83. The zero-order valence-corrected chi connectivity index (χ0v) is 13.1. The highest BCUT2D eigenvalue weighted by atomic mass is 16.2. The van der Waals surface area contributed by atoms with Crippen LogP contribution in [0.25, 0.3) is 5.57 Å². The number of hydrogen-bond acceptors (Lipinski definition) is 4. The number of likely N-dealkylation sites (tertiary alicyclic amines) is 1. The molecule has 1 aromatic carbocycles. The number of anilines is 1. The highest BCUT2D eigenvalue weighted by Crippen LogP contribution is 2.38. The van der Waals surface area contributed by atoms with Gasteiger partial charge in [-0.1, -0.05) is 25.1 Å². The molecule has 0 aliphatic carbocycles. The summed E-state index contributed by atoms with van der Waals surface area (Å²) in [6.45, 7) is 4.70. The number of nitrogens with zero attached hydrogens (tertiary/aromatic N) is 4. The van der Waals surface area contributed by atoms with Gasteiger partial charge in [-0.3, -0.25) is 14.6 Å². The summed E-state index contributed by atoms with van der Waals surface area (Å²) in [4.78, 5) is 16.7. The van der Waals surface area contributed by atoms with Crippen molar-refractivity contribution in [2.75, 3.05) is 24.7 Å². The van der Waals surface area contributed by atoms with E-state index in [0.29, 0.717) is 12.2 Å². The Labute approximate surface area is 136 Å². The second kappa shape index (κ2) is 6.24. The standard InChI is InChI=1S/C18H18N4O/c1-13-6-8-21(9-7-13)12-22-16-5-3-2-4-15(16)17(18(22)23)14(10-19)11-20/h2-5,13H,6-9,12H2,1H3. The monoisotopic (exact) mass is 306 g/mol. The Balaban J connectivity index is 1.94. The third kappa shape index (κ3) is 2.72. The number of allylic oxidation sites excluding steroid dienone is 1. The Hall–Kier alpha value is -2.63. The van der Waals surface area contributed by atoms with Crippen molar-refractivity contribution in [2.24, 2.45) is 5.92 Å². The van der Waals surface area contributed by atoms with Crippen molar-refractivity contribution in [3.05, 3.63) is 35.4 Å². The zero-order chi connectivity index (χ0) is 16.4. The van der Waals surface area contributed by atoms with Gasteiger partial charge in [-0.15, -0.1) is 0 Å². The summed E-state index contributed by atoms with van der Waals surface area (Å²) in [5, 5.41) is 18.3. The summed E-state index contributed by atoms with van der Waals surface area (Å²) in [6, 6.07) is 11.1. The summed E-state index contributed by atoms with van der Waals surface area (Å²) in [6.07, 6.45) is 2.27.